The maximum atomic E-state index is 9.21. The number of benzene rings is 1. The largest absolute Gasteiger partial charge is 0.494 e. The van der Waals surface area contributed by atoms with Crippen LogP contribution in [0.1, 0.15) is 38.2 Å². The fourth-order valence-electron chi connectivity index (χ4n) is 1.69. The number of ether oxygens (including phenoxy) is 1. The Labute approximate surface area is 104 Å². The Morgan fingerprint density at radius 2 is 1.94 bits per heavy atom. The second-order valence-electron chi connectivity index (χ2n) is 4.32. The molecule has 0 saturated heterocycles. The molecule has 0 atom stereocenters. The molecule has 1 aromatic rings. The van der Waals surface area contributed by atoms with Crippen molar-refractivity contribution < 1.29 is 14.8 Å². The van der Waals surface area contributed by atoms with Crippen molar-refractivity contribution in [3.05, 3.63) is 23.8 Å². The summed E-state index contributed by atoms with van der Waals surface area (Å²) in [5.41, 5.74) is 1.49. The first-order chi connectivity index (χ1) is 8.15. The summed E-state index contributed by atoms with van der Waals surface area (Å²) < 4.78 is 5.61. The maximum Gasteiger partial charge on any atom is 0.492 e. The van der Waals surface area contributed by atoms with E-state index in [0.717, 1.165) is 18.4 Å². The molecule has 0 heterocycles. The molecule has 0 amide bonds. The third-order valence-corrected chi connectivity index (χ3v) is 2.70. The minimum Gasteiger partial charge on any atom is -0.494 e. The summed E-state index contributed by atoms with van der Waals surface area (Å²) in [4.78, 5) is 0. The topological polar surface area (TPSA) is 49.7 Å². The molecule has 0 aliphatic carbocycles. The maximum absolute atomic E-state index is 9.21. The van der Waals surface area contributed by atoms with Crippen LogP contribution in [0.3, 0.4) is 0 Å². The van der Waals surface area contributed by atoms with Crippen molar-refractivity contribution in [2.24, 2.45) is 0 Å². The van der Waals surface area contributed by atoms with Gasteiger partial charge >= 0.3 is 7.12 Å². The lowest BCUT2D eigenvalue weighted by Crippen LogP contribution is -2.31. The van der Waals surface area contributed by atoms with Gasteiger partial charge < -0.3 is 14.8 Å². The smallest absolute Gasteiger partial charge is 0.492 e. The summed E-state index contributed by atoms with van der Waals surface area (Å²) in [6, 6.07) is 5.38. The van der Waals surface area contributed by atoms with E-state index in [4.69, 9.17) is 4.74 Å². The van der Waals surface area contributed by atoms with Gasteiger partial charge in [0.15, 0.2) is 0 Å². The molecular formula is C13H21BO3. The van der Waals surface area contributed by atoms with E-state index in [1.165, 1.54) is 12.8 Å². The Kier molecular flexibility index (Phi) is 6.09. The van der Waals surface area contributed by atoms with Crippen LogP contribution in [-0.4, -0.2) is 23.8 Å². The molecule has 94 valence electrons. The summed E-state index contributed by atoms with van der Waals surface area (Å²) in [6.07, 6.45) is 4.57. The second-order valence-corrected chi connectivity index (χ2v) is 4.32. The normalized spacial score (nSPS) is 10.4. The van der Waals surface area contributed by atoms with Crippen LogP contribution in [0, 0.1) is 6.92 Å². The lowest BCUT2D eigenvalue weighted by atomic mass is 9.79. The van der Waals surface area contributed by atoms with Gasteiger partial charge in [-0.05, 0) is 25.0 Å². The zero-order chi connectivity index (χ0) is 12.7. The molecular weight excluding hydrogens is 215 g/mol. The van der Waals surface area contributed by atoms with E-state index in [1.807, 2.05) is 19.1 Å². The molecule has 17 heavy (non-hydrogen) atoms. The van der Waals surface area contributed by atoms with Crippen molar-refractivity contribution in [2.75, 3.05) is 6.61 Å². The minimum atomic E-state index is -1.47. The predicted molar refractivity (Wildman–Crippen MR) is 70.6 cm³/mol. The molecule has 0 aromatic heterocycles. The summed E-state index contributed by atoms with van der Waals surface area (Å²) in [6.45, 7) is 4.75. The van der Waals surface area contributed by atoms with Gasteiger partial charge in [-0.3, -0.25) is 0 Å². The second kappa shape index (κ2) is 7.35. The first-order valence-electron chi connectivity index (χ1n) is 6.24. The third-order valence-electron chi connectivity index (χ3n) is 2.70. The van der Waals surface area contributed by atoms with Gasteiger partial charge in [0, 0.05) is 5.46 Å². The van der Waals surface area contributed by atoms with Crippen molar-refractivity contribution >= 4 is 12.6 Å². The zero-order valence-corrected chi connectivity index (χ0v) is 10.6. The highest BCUT2D eigenvalue weighted by Crippen LogP contribution is 2.12. The number of aryl methyl sites for hydroxylation is 1. The molecule has 0 unspecified atom stereocenters. The monoisotopic (exact) mass is 236 g/mol. The summed E-state index contributed by atoms with van der Waals surface area (Å²) in [5.74, 6) is 0.580. The first-order valence-corrected chi connectivity index (χ1v) is 6.24. The Hall–Kier alpha value is -0.995. The zero-order valence-electron chi connectivity index (χ0n) is 10.6. The fraction of sp³-hybridized carbons (Fsp3) is 0.538. The molecule has 2 N–H and O–H groups in total. The van der Waals surface area contributed by atoms with Gasteiger partial charge in [-0.25, -0.2) is 0 Å². The Bertz CT molecular complexity index is 339. The SMILES string of the molecule is CCCCCCOc1cc(C)ccc1B(O)O. The lowest BCUT2D eigenvalue weighted by molar-refractivity contribution is 0.305. The Morgan fingerprint density at radius 3 is 2.59 bits per heavy atom. The van der Waals surface area contributed by atoms with Crippen LogP contribution in [-0.2, 0) is 0 Å². The summed E-state index contributed by atoms with van der Waals surface area (Å²) >= 11 is 0. The highest BCUT2D eigenvalue weighted by molar-refractivity contribution is 6.59. The van der Waals surface area contributed by atoms with E-state index in [2.05, 4.69) is 6.92 Å². The number of rotatable bonds is 7. The van der Waals surface area contributed by atoms with Crippen LogP contribution < -0.4 is 10.2 Å². The number of unbranched alkanes of at least 4 members (excludes halogenated alkanes) is 3. The van der Waals surface area contributed by atoms with Crippen LogP contribution in [0.5, 0.6) is 5.75 Å². The summed E-state index contributed by atoms with van der Waals surface area (Å²) in [5, 5.41) is 18.4. The summed E-state index contributed by atoms with van der Waals surface area (Å²) in [7, 11) is -1.47. The van der Waals surface area contributed by atoms with Crippen LogP contribution in [0.25, 0.3) is 0 Å². The van der Waals surface area contributed by atoms with Crippen LogP contribution in [0.2, 0.25) is 0 Å². The van der Waals surface area contributed by atoms with Gasteiger partial charge in [-0.1, -0.05) is 38.3 Å². The molecule has 3 nitrogen and oxygen atoms in total. The van der Waals surface area contributed by atoms with E-state index in [0.29, 0.717) is 17.8 Å². The lowest BCUT2D eigenvalue weighted by Gasteiger charge is -2.11. The van der Waals surface area contributed by atoms with E-state index in [-0.39, 0.29) is 0 Å². The molecule has 0 radical (unpaired) electrons. The molecule has 1 rings (SSSR count). The average molecular weight is 236 g/mol. The van der Waals surface area contributed by atoms with Gasteiger partial charge in [0.1, 0.15) is 5.75 Å². The minimum absolute atomic E-state index is 0.436. The third kappa shape index (κ3) is 4.80. The average Bonchev–Trinajstić information content (AvgIpc) is 2.28. The molecule has 0 spiro atoms. The Balaban J connectivity index is 2.53. The van der Waals surface area contributed by atoms with Gasteiger partial charge in [-0.2, -0.15) is 0 Å². The van der Waals surface area contributed by atoms with E-state index >= 15 is 0 Å². The highest BCUT2D eigenvalue weighted by Gasteiger charge is 2.16. The van der Waals surface area contributed by atoms with Gasteiger partial charge in [0.05, 0.1) is 6.61 Å². The van der Waals surface area contributed by atoms with Crippen LogP contribution in [0.15, 0.2) is 18.2 Å². The fourth-order valence-corrected chi connectivity index (χ4v) is 1.69. The van der Waals surface area contributed by atoms with Gasteiger partial charge in [-0.15, -0.1) is 0 Å². The number of hydrogen-bond donors (Lipinski definition) is 2. The van der Waals surface area contributed by atoms with Crippen LogP contribution in [0.4, 0.5) is 0 Å². The molecule has 0 saturated carbocycles. The molecule has 0 aliphatic rings. The molecule has 4 heteroatoms. The van der Waals surface area contributed by atoms with E-state index in [9.17, 15) is 10.0 Å². The van der Waals surface area contributed by atoms with Gasteiger partial charge in [0.25, 0.3) is 0 Å². The standard InChI is InChI=1S/C13H21BO3/c1-3-4-5-6-9-17-13-10-11(2)7-8-12(13)14(15)16/h7-8,10,15-16H,3-6,9H2,1-2H3. The van der Waals surface area contributed by atoms with Crippen molar-refractivity contribution in [2.45, 2.75) is 39.5 Å². The van der Waals surface area contributed by atoms with E-state index < -0.39 is 7.12 Å². The van der Waals surface area contributed by atoms with Gasteiger partial charge in [0.2, 0.25) is 0 Å². The molecule has 0 aliphatic heterocycles. The number of hydrogen-bond acceptors (Lipinski definition) is 3. The Morgan fingerprint density at radius 1 is 1.18 bits per heavy atom. The van der Waals surface area contributed by atoms with E-state index in [1.54, 1.807) is 6.07 Å². The molecule has 0 bridgehead atoms. The van der Waals surface area contributed by atoms with Crippen molar-refractivity contribution in [3.63, 3.8) is 0 Å². The van der Waals surface area contributed by atoms with Crippen LogP contribution >= 0.6 is 0 Å². The van der Waals surface area contributed by atoms with Crippen molar-refractivity contribution in [1.29, 1.82) is 0 Å². The quantitative estimate of drug-likeness (QED) is 0.558. The predicted octanol–water partition coefficient (Wildman–Crippen LogP) is 1.63. The molecule has 1 aromatic carbocycles. The highest BCUT2D eigenvalue weighted by atomic mass is 16.5. The molecule has 0 fully saturated rings. The van der Waals surface area contributed by atoms with Crippen molar-refractivity contribution in [1.82, 2.24) is 0 Å². The van der Waals surface area contributed by atoms with Crippen molar-refractivity contribution in [3.8, 4) is 5.75 Å². The first kappa shape index (κ1) is 14.1.